The van der Waals surface area contributed by atoms with Crippen molar-refractivity contribution in [3.8, 4) is 10.6 Å². The van der Waals surface area contributed by atoms with Crippen LogP contribution in [0.4, 0.5) is 5.13 Å². The van der Waals surface area contributed by atoms with Crippen LogP contribution in [0, 0.1) is 6.92 Å². The normalized spacial score (nSPS) is 11.6. The van der Waals surface area contributed by atoms with E-state index in [-0.39, 0.29) is 11.7 Å². The number of aromatic nitrogens is 2. The number of rotatable bonds is 4. The quantitative estimate of drug-likeness (QED) is 0.345. The molecule has 2 heterocycles. The first-order valence-electron chi connectivity index (χ1n) is 5.65. The number of oxime groups is 1. The summed E-state index contributed by atoms with van der Waals surface area (Å²) in [5.41, 5.74) is 7.04. The number of anilines is 1. The van der Waals surface area contributed by atoms with E-state index >= 15 is 0 Å². The number of amidine groups is 1. The van der Waals surface area contributed by atoms with E-state index in [1.54, 1.807) is 0 Å². The second kappa shape index (κ2) is 5.97. The van der Waals surface area contributed by atoms with E-state index in [1.807, 2.05) is 12.3 Å². The van der Waals surface area contributed by atoms with Crippen molar-refractivity contribution in [2.75, 3.05) is 5.32 Å². The molecule has 0 spiro atoms. The van der Waals surface area contributed by atoms with Gasteiger partial charge in [0.05, 0.1) is 22.7 Å². The predicted octanol–water partition coefficient (Wildman–Crippen LogP) is 1.82. The zero-order valence-corrected chi connectivity index (χ0v) is 12.5. The van der Waals surface area contributed by atoms with Crippen molar-refractivity contribution < 1.29 is 10.0 Å². The first-order valence-corrected chi connectivity index (χ1v) is 7.35. The fraction of sp³-hybridized carbons (Fsp3) is 0.273. The molecule has 0 saturated heterocycles. The number of nitrogens with one attached hydrogen (secondary N) is 1. The minimum Gasteiger partial charge on any atom is -0.409 e. The Bertz CT molecular complexity index is 662. The molecule has 2 aromatic heterocycles. The minimum absolute atomic E-state index is 0.117. The lowest BCUT2D eigenvalue weighted by Crippen LogP contribution is -2.14. The molecule has 0 aliphatic heterocycles. The van der Waals surface area contributed by atoms with E-state index < -0.39 is 0 Å². The van der Waals surface area contributed by atoms with Gasteiger partial charge in [-0.05, 0) is 6.92 Å². The monoisotopic (exact) mass is 311 g/mol. The third-order valence-corrected chi connectivity index (χ3v) is 4.27. The van der Waals surface area contributed by atoms with E-state index in [0.29, 0.717) is 11.6 Å². The summed E-state index contributed by atoms with van der Waals surface area (Å²) in [6, 6.07) is 0. The summed E-state index contributed by atoms with van der Waals surface area (Å²) in [7, 11) is 0. The lowest BCUT2D eigenvalue weighted by molar-refractivity contribution is -0.114. The number of hydrogen-bond acceptors (Lipinski definition) is 7. The molecule has 7 nitrogen and oxygen atoms in total. The van der Waals surface area contributed by atoms with Gasteiger partial charge in [0.2, 0.25) is 5.91 Å². The van der Waals surface area contributed by atoms with Gasteiger partial charge in [0.25, 0.3) is 0 Å². The lowest BCUT2D eigenvalue weighted by atomic mass is 10.3. The van der Waals surface area contributed by atoms with Crippen LogP contribution in [0.1, 0.15) is 17.6 Å². The molecule has 0 aliphatic rings. The molecular formula is C11H13N5O2S2. The minimum atomic E-state index is -0.156. The SMILES string of the molecule is CC(=O)Nc1nc(C)c(-c2csc(CC(N)=NO)n2)s1. The number of aryl methyl sites for hydroxylation is 1. The summed E-state index contributed by atoms with van der Waals surface area (Å²) in [6.07, 6.45) is 0.303. The largest absolute Gasteiger partial charge is 0.409 e. The molecule has 2 rings (SSSR count). The van der Waals surface area contributed by atoms with Crippen LogP contribution in [0.3, 0.4) is 0 Å². The Balaban J connectivity index is 2.23. The molecule has 0 aliphatic carbocycles. The summed E-state index contributed by atoms with van der Waals surface area (Å²) in [5, 5.41) is 17.3. The van der Waals surface area contributed by atoms with Gasteiger partial charge in [-0.15, -0.1) is 11.3 Å². The van der Waals surface area contributed by atoms with Gasteiger partial charge in [-0.3, -0.25) is 4.79 Å². The molecular weight excluding hydrogens is 298 g/mol. The zero-order valence-electron chi connectivity index (χ0n) is 10.9. The Morgan fingerprint density at radius 3 is 2.95 bits per heavy atom. The topological polar surface area (TPSA) is 113 Å². The first-order chi connectivity index (χ1) is 9.49. The molecule has 0 atom stereocenters. The van der Waals surface area contributed by atoms with E-state index in [1.165, 1.54) is 29.6 Å². The highest BCUT2D eigenvalue weighted by Gasteiger charge is 2.14. The van der Waals surface area contributed by atoms with Crippen LogP contribution in [0.15, 0.2) is 10.5 Å². The van der Waals surface area contributed by atoms with Gasteiger partial charge < -0.3 is 16.3 Å². The standard InChI is InChI=1S/C11H13N5O2S2/c1-5-10(20-11(13-5)14-6(2)17)7-4-19-9(15-7)3-8(12)16-18/h4,18H,3H2,1-2H3,(H2,12,16)(H,13,14,17). The van der Waals surface area contributed by atoms with E-state index in [9.17, 15) is 4.79 Å². The highest BCUT2D eigenvalue weighted by atomic mass is 32.1. The van der Waals surface area contributed by atoms with Crippen LogP contribution in [0.2, 0.25) is 0 Å². The molecule has 0 saturated carbocycles. The van der Waals surface area contributed by atoms with Gasteiger partial charge in [-0.1, -0.05) is 16.5 Å². The van der Waals surface area contributed by atoms with Crippen LogP contribution >= 0.6 is 22.7 Å². The van der Waals surface area contributed by atoms with Gasteiger partial charge in [-0.25, -0.2) is 9.97 Å². The summed E-state index contributed by atoms with van der Waals surface area (Å²) >= 11 is 2.80. The number of carbonyl (C=O) groups is 1. The van der Waals surface area contributed by atoms with Gasteiger partial charge in [0.15, 0.2) is 5.13 Å². The molecule has 9 heteroatoms. The Hall–Kier alpha value is -2.00. The average Bonchev–Trinajstić information content (AvgIpc) is 2.95. The highest BCUT2D eigenvalue weighted by molar-refractivity contribution is 7.19. The molecule has 106 valence electrons. The maximum absolute atomic E-state index is 11.0. The predicted molar refractivity (Wildman–Crippen MR) is 79.4 cm³/mol. The summed E-state index contributed by atoms with van der Waals surface area (Å²) in [6.45, 7) is 3.30. The van der Waals surface area contributed by atoms with Crippen molar-refractivity contribution in [3.05, 3.63) is 16.1 Å². The number of hydrogen-bond donors (Lipinski definition) is 3. The highest BCUT2D eigenvalue weighted by Crippen LogP contribution is 2.33. The zero-order chi connectivity index (χ0) is 14.7. The molecule has 20 heavy (non-hydrogen) atoms. The van der Waals surface area contributed by atoms with Crippen LogP contribution in [0.5, 0.6) is 0 Å². The van der Waals surface area contributed by atoms with Crippen LogP contribution in [0.25, 0.3) is 10.6 Å². The fourth-order valence-corrected chi connectivity index (χ4v) is 3.37. The number of nitrogens with zero attached hydrogens (tertiary/aromatic N) is 3. The Kier molecular flexibility index (Phi) is 4.30. The molecule has 0 bridgehead atoms. The second-order valence-electron chi connectivity index (χ2n) is 4.01. The van der Waals surface area contributed by atoms with Crippen LogP contribution in [-0.4, -0.2) is 26.9 Å². The van der Waals surface area contributed by atoms with Crippen molar-refractivity contribution in [1.29, 1.82) is 0 Å². The number of nitrogens with two attached hydrogens (primary N) is 1. The fourth-order valence-electron chi connectivity index (χ4n) is 1.52. The van der Waals surface area contributed by atoms with Gasteiger partial charge in [0, 0.05) is 12.3 Å². The number of carbonyl (C=O) groups excluding carboxylic acids is 1. The summed E-state index contributed by atoms with van der Waals surface area (Å²) in [4.78, 5) is 20.6. The third-order valence-electron chi connectivity index (χ3n) is 2.32. The van der Waals surface area contributed by atoms with Crippen molar-refractivity contribution in [3.63, 3.8) is 0 Å². The van der Waals surface area contributed by atoms with E-state index in [4.69, 9.17) is 10.9 Å². The second-order valence-corrected chi connectivity index (χ2v) is 5.95. The Morgan fingerprint density at radius 1 is 1.55 bits per heavy atom. The van der Waals surface area contributed by atoms with Gasteiger partial charge >= 0.3 is 0 Å². The average molecular weight is 311 g/mol. The maximum atomic E-state index is 11.0. The smallest absolute Gasteiger partial charge is 0.223 e. The number of amides is 1. The molecule has 0 fully saturated rings. The molecule has 4 N–H and O–H groups in total. The van der Waals surface area contributed by atoms with Crippen molar-refractivity contribution >= 4 is 39.5 Å². The molecule has 1 amide bonds. The molecule has 0 aromatic carbocycles. The third kappa shape index (κ3) is 3.31. The number of thiazole rings is 2. The van der Waals surface area contributed by atoms with Crippen molar-refractivity contribution in [1.82, 2.24) is 9.97 Å². The lowest BCUT2D eigenvalue weighted by Gasteiger charge is -1.93. The Morgan fingerprint density at radius 2 is 2.30 bits per heavy atom. The summed E-state index contributed by atoms with van der Waals surface area (Å²) < 4.78 is 0. The molecule has 0 unspecified atom stereocenters. The van der Waals surface area contributed by atoms with E-state index in [0.717, 1.165) is 21.3 Å². The maximum Gasteiger partial charge on any atom is 0.223 e. The Labute approximate surface area is 123 Å². The van der Waals surface area contributed by atoms with Gasteiger partial charge in [-0.2, -0.15) is 0 Å². The molecule has 2 aromatic rings. The van der Waals surface area contributed by atoms with Crippen LogP contribution < -0.4 is 11.1 Å². The summed E-state index contributed by atoms with van der Waals surface area (Å²) in [5.74, 6) is -0.0398. The van der Waals surface area contributed by atoms with Crippen molar-refractivity contribution in [2.24, 2.45) is 10.9 Å². The van der Waals surface area contributed by atoms with Gasteiger partial charge in [0.1, 0.15) is 10.8 Å². The van der Waals surface area contributed by atoms with Crippen LogP contribution in [-0.2, 0) is 11.2 Å². The first kappa shape index (κ1) is 14.4. The van der Waals surface area contributed by atoms with E-state index in [2.05, 4.69) is 20.4 Å². The molecule has 0 radical (unpaired) electrons. The van der Waals surface area contributed by atoms with Crippen molar-refractivity contribution in [2.45, 2.75) is 20.3 Å².